The Hall–Kier alpha value is -1.58. The van der Waals surface area contributed by atoms with E-state index in [2.05, 4.69) is 47.7 Å². The Morgan fingerprint density at radius 2 is 1.50 bits per heavy atom. The second-order valence-electron chi connectivity index (χ2n) is 1.00. The van der Waals surface area contributed by atoms with Gasteiger partial charge in [0.2, 0.25) is 0 Å². The van der Waals surface area contributed by atoms with Crippen LogP contribution in [0.2, 0.25) is 0 Å². The molecule has 0 nitrogen and oxygen atoms in total. The molecule has 1 aliphatic carbocycles. The predicted octanol–water partition coefficient (Wildman–Crippen LogP) is 0.173. The normalized spacial score (nSPS) is 10.0. The number of hydrogen-bond donors (Lipinski definition) is 0. The van der Waals surface area contributed by atoms with Gasteiger partial charge >= 0.3 is 0 Å². The molecule has 33 valence electrons. The Morgan fingerprint density at radius 3 is 2.50 bits per heavy atom. The van der Waals surface area contributed by atoms with Gasteiger partial charge in [0.25, 0.3) is 0 Å². The molecular weight excluding hydrogens is 96.1 g/mol. The van der Waals surface area contributed by atoms with E-state index in [-0.39, 0.29) is 0 Å². The fraction of sp³-hybridized carbons (Fsp3) is 0. The van der Waals surface area contributed by atoms with Gasteiger partial charge in [0.15, 0.2) is 0 Å². The highest BCUT2D eigenvalue weighted by molar-refractivity contribution is 5.39. The van der Waals surface area contributed by atoms with Crippen molar-refractivity contribution >= 4 is 0 Å². The second-order valence-corrected chi connectivity index (χ2v) is 1.00. The molecule has 1 aliphatic rings. The number of allylic oxidation sites excluding steroid dienone is 2. The lowest BCUT2D eigenvalue weighted by atomic mass is 10.4. The van der Waals surface area contributed by atoms with Gasteiger partial charge in [-0.2, -0.15) is 5.92 Å². The van der Waals surface area contributed by atoms with Crippen LogP contribution in [-0.4, -0.2) is 0 Å². The molecule has 0 N–H and O–H groups in total. The topological polar surface area (TPSA) is 0 Å². The first-order valence-corrected chi connectivity index (χ1v) is 2.00. The second kappa shape index (κ2) is 2.57. The van der Waals surface area contributed by atoms with Crippen LogP contribution in [0.3, 0.4) is 0 Å². The molecule has 8 heavy (non-hydrogen) atoms. The van der Waals surface area contributed by atoms with Crippen molar-refractivity contribution in [2.45, 2.75) is 0 Å². The highest BCUT2D eigenvalue weighted by atomic mass is 13.6. The van der Waals surface area contributed by atoms with Crippen LogP contribution in [0.5, 0.6) is 0 Å². The molecule has 0 bridgehead atoms. The Balaban J connectivity index is 2.93. The summed E-state index contributed by atoms with van der Waals surface area (Å²) in [5.74, 6) is 15.0. The lowest BCUT2D eigenvalue weighted by Gasteiger charge is -1.75. The van der Waals surface area contributed by atoms with Crippen molar-refractivity contribution in [1.29, 1.82) is 0 Å². The Bertz CT molecular complexity index is 245. The molecule has 0 saturated heterocycles. The van der Waals surface area contributed by atoms with Crippen LogP contribution < -0.4 is 0 Å². The van der Waals surface area contributed by atoms with Crippen molar-refractivity contribution in [2.24, 2.45) is 0 Å². The molecule has 0 unspecified atom stereocenters. The maximum Gasteiger partial charge on any atom is -0.0308 e. The summed E-state index contributed by atoms with van der Waals surface area (Å²) >= 11 is 0. The standard InChI is InChI=1S/C8/c1-2-4-6-8-7-5-3-1/q-1. The van der Waals surface area contributed by atoms with Crippen LogP contribution in [0.4, 0.5) is 0 Å². The molecule has 0 atom stereocenters. The van der Waals surface area contributed by atoms with Gasteiger partial charge in [0.1, 0.15) is 0 Å². The molecule has 1 radical (unpaired) electrons. The number of hydrogen-bond acceptors (Lipinski definition) is 0. The van der Waals surface area contributed by atoms with Crippen molar-refractivity contribution in [3.05, 3.63) is 12.2 Å². The summed E-state index contributed by atoms with van der Waals surface area (Å²) in [5.41, 5.74) is 0. The van der Waals surface area contributed by atoms with Gasteiger partial charge in [0.05, 0.1) is 0 Å². The molecule has 1 rings (SSSR count). The highest BCUT2D eigenvalue weighted by Crippen LogP contribution is 1.65. The first-order chi connectivity index (χ1) is 4.00. The van der Waals surface area contributed by atoms with Crippen molar-refractivity contribution in [2.75, 3.05) is 0 Å². The molecule has 0 spiro atoms. The summed E-state index contributed by atoms with van der Waals surface area (Å²) in [6, 6.07) is 0. The summed E-state index contributed by atoms with van der Waals surface area (Å²) in [6.07, 6.45) is 5.00. The van der Waals surface area contributed by atoms with Gasteiger partial charge in [-0.25, -0.2) is 11.8 Å². The van der Waals surface area contributed by atoms with Crippen molar-refractivity contribution in [3.63, 3.8) is 0 Å². The number of rotatable bonds is 0. The zero-order valence-electron chi connectivity index (χ0n) is 4.00. The third-order valence-electron chi connectivity index (χ3n) is 0.500. The summed E-state index contributed by atoms with van der Waals surface area (Å²) in [5, 5.41) is 0. The largest absolute Gasteiger partial charge is 0.210 e. The minimum atomic E-state index is 2.50. The third kappa shape index (κ3) is 1.25. The summed E-state index contributed by atoms with van der Waals surface area (Å²) in [7, 11) is 0. The van der Waals surface area contributed by atoms with E-state index in [9.17, 15) is 0 Å². The molecule has 0 heterocycles. The minimum absolute atomic E-state index is 2.50. The summed E-state index contributed by atoms with van der Waals surface area (Å²) in [4.78, 5) is 0. The van der Waals surface area contributed by atoms with E-state index in [0.29, 0.717) is 0 Å². The maximum absolute atomic E-state index is 2.50. The van der Waals surface area contributed by atoms with Gasteiger partial charge in [0, 0.05) is 0 Å². The van der Waals surface area contributed by atoms with Gasteiger partial charge in [-0.15, -0.1) is 12.2 Å². The van der Waals surface area contributed by atoms with Crippen molar-refractivity contribution < 1.29 is 0 Å². The van der Waals surface area contributed by atoms with Crippen LogP contribution in [0.25, 0.3) is 0 Å². The SMILES string of the molecule is [C]1=[C-]C#CC#CC#C1. The van der Waals surface area contributed by atoms with Gasteiger partial charge in [-0.05, 0) is 5.92 Å². The monoisotopic (exact) mass is 96.0 g/mol. The Morgan fingerprint density at radius 1 is 0.750 bits per heavy atom. The van der Waals surface area contributed by atoms with Crippen molar-refractivity contribution in [1.82, 2.24) is 0 Å². The lowest BCUT2D eigenvalue weighted by Crippen LogP contribution is -1.59. The molecular formula is C8-. The average molecular weight is 96.1 g/mol. The zero-order valence-corrected chi connectivity index (χ0v) is 4.00. The van der Waals surface area contributed by atoms with E-state index >= 15 is 0 Å². The molecule has 0 saturated carbocycles. The average Bonchev–Trinajstić information content (AvgIpc) is 1.62. The van der Waals surface area contributed by atoms with Gasteiger partial charge < -0.3 is 0 Å². The van der Waals surface area contributed by atoms with Gasteiger partial charge in [-0.3, -0.25) is 0 Å². The fourth-order valence-corrected chi connectivity index (χ4v) is 0.250. The van der Waals surface area contributed by atoms with Crippen molar-refractivity contribution in [3.8, 4) is 35.5 Å². The first kappa shape index (κ1) is 4.58. The highest BCUT2D eigenvalue weighted by Gasteiger charge is 1.49. The van der Waals surface area contributed by atoms with Gasteiger partial charge in [-0.1, -0.05) is 11.8 Å². The lowest BCUT2D eigenvalue weighted by molar-refractivity contribution is 1.94. The molecule has 0 aliphatic heterocycles. The first-order valence-electron chi connectivity index (χ1n) is 2.00. The Kier molecular flexibility index (Phi) is 1.47. The van der Waals surface area contributed by atoms with Crippen LogP contribution in [0.15, 0.2) is 0 Å². The maximum atomic E-state index is 2.50. The quantitative estimate of drug-likeness (QED) is 0.298. The van der Waals surface area contributed by atoms with E-state index in [1.807, 2.05) is 0 Å². The van der Waals surface area contributed by atoms with Crippen LogP contribution in [0, 0.1) is 47.7 Å². The van der Waals surface area contributed by atoms with Crippen LogP contribution in [0.1, 0.15) is 0 Å². The molecule has 0 amide bonds. The molecule has 0 aromatic rings. The van der Waals surface area contributed by atoms with E-state index < -0.39 is 0 Å². The molecule has 0 aromatic carbocycles. The molecule has 0 aromatic heterocycles. The van der Waals surface area contributed by atoms with E-state index in [1.165, 1.54) is 0 Å². The predicted molar refractivity (Wildman–Crippen MR) is 29.8 cm³/mol. The van der Waals surface area contributed by atoms with Crippen LogP contribution in [-0.2, 0) is 0 Å². The zero-order chi connectivity index (χ0) is 5.66. The third-order valence-corrected chi connectivity index (χ3v) is 0.500. The summed E-state index contributed by atoms with van der Waals surface area (Å²) < 4.78 is 0. The Labute approximate surface area is 48.6 Å². The van der Waals surface area contributed by atoms with E-state index in [0.717, 1.165) is 0 Å². The molecule has 0 fully saturated rings. The van der Waals surface area contributed by atoms with E-state index in [1.54, 1.807) is 0 Å². The fourth-order valence-electron chi connectivity index (χ4n) is 0.250. The van der Waals surface area contributed by atoms with E-state index in [4.69, 9.17) is 0 Å². The summed E-state index contributed by atoms with van der Waals surface area (Å²) in [6.45, 7) is 0. The van der Waals surface area contributed by atoms with Crippen LogP contribution >= 0.6 is 0 Å². The smallest absolute Gasteiger partial charge is 0.0308 e. The minimum Gasteiger partial charge on any atom is -0.210 e. The molecule has 0 heteroatoms.